The second-order valence-electron chi connectivity index (χ2n) is 6.60. The van der Waals surface area contributed by atoms with Crippen molar-refractivity contribution in [1.29, 1.82) is 0 Å². The van der Waals surface area contributed by atoms with Gasteiger partial charge in [0, 0.05) is 17.3 Å². The van der Waals surface area contributed by atoms with Crippen LogP contribution in [0.4, 0.5) is 5.69 Å². The third-order valence-corrected chi connectivity index (χ3v) is 5.03. The number of amides is 1. The Bertz CT molecular complexity index is 953. The smallest absolute Gasteiger partial charge is 0.262 e. The quantitative estimate of drug-likeness (QED) is 0.599. The fourth-order valence-electron chi connectivity index (χ4n) is 3.40. The SMILES string of the molecule is O=C(c1ccccc1OCc1ccc(Cl)cc1)N1CCCc2ccccc21. The largest absolute Gasteiger partial charge is 0.488 e. The molecule has 3 nitrogen and oxygen atoms in total. The van der Waals surface area contributed by atoms with Gasteiger partial charge >= 0.3 is 0 Å². The Hall–Kier alpha value is -2.78. The summed E-state index contributed by atoms with van der Waals surface area (Å²) in [4.78, 5) is 15.1. The fourth-order valence-corrected chi connectivity index (χ4v) is 3.53. The topological polar surface area (TPSA) is 29.5 Å². The normalized spacial score (nSPS) is 13.1. The number of benzene rings is 3. The van der Waals surface area contributed by atoms with E-state index in [2.05, 4.69) is 6.07 Å². The van der Waals surface area contributed by atoms with Crippen molar-refractivity contribution in [3.63, 3.8) is 0 Å². The Labute approximate surface area is 164 Å². The highest BCUT2D eigenvalue weighted by Gasteiger charge is 2.25. The van der Waals surface area contributed by atoms with Gasteiger partial charge in [0.05, 0.1) is 5.56 Å². The van der Waals surface area contributed by atoms with Gasteiger partial charge in [-0.15, -0.1) is 0 Å². The van der Waals surface area contributed by atoms with Crippen molar-refractivity contribution in [1.82, 2.24) is 0 Å². The average molecular weight is 378 g/mol. The molecule has 0 radical (unpaired) electrons. The predicted molar refractivity (Wildman–Crippen MR) is 109 cm³/mol. The Morgan fingerprint density at radius 1 is 0.963 bits per heavy atom. The minimum absolute atomic E-state index is 0.0196. The predicted octanol–water partition coefficient (Wildman–Crippen LogP) is 5.51. The van der Waals surface area contributed by atoms with Crippen molar-refractivity contribution in [2.24, 2.45) is 0 Å². The number of anilines is 1. The van der Waals surface area contributed by atoms with Gasteiger partial charge in [0.1, 0.15) is 12.4 Å². The standard InChI is InChI=1S/C23H20ClNO2/c24-19-13-11-17(12-14-19)16-27-22-10-4-2-8-20(22)23(26)25-15-5-7-18-6-1-3-9-21(18)25/h1-4,6,8-14H,5,7,15-16H2. The van der Waals surface area contributed by atoms with Gasteiger partial charge in [0.15, 0.2) is 0 Å². The number of hydrogen-bond acceptors (Lipinski definition) is 2. The second kappa shape index (κ2) is 7.85. The minimum atomic E-state index is -0.0196. The van der Waals surface area contributed by atoms with Crippen molar-refractivity contribution >= 4 is 23.2 Å². The first-order valence-electron chi connectivity index (χ1n) is 9.08. The van der Waals surface area contributed by atoms with Crippen LogP contribution in [0, 0.1) is 0 Å². The summed E-state index contributed by atoms with van der Waals surface area (Å²) in [5.74, 6) is 0.578. The molecule has 0 spiro atoms. The summed E-state index contributed by atoms with van der Waals surface area (Å²) in [6.45, 7) is 1.11. The van der Waals surface area contributed by atoms with Gasteiger partial charge in [-0.1, -0.05) is 54.1 Å². The maximum Gasteiger partial charge on any atom is 0.262 e. The van der Waals surface area contributed by atoms with E-state index in [0.29, 0.717) is 22.9 Å². The molecule has 4 heteroatoms. The maximum atomic E-state index is 13.3. The van der Waals surface area contributed by atoms with Crippen LogP contribution in [0.5, 0.6) is 5.75 Å². The van der Waals surface area contributed by atoms with Crippen LogP contribution in [0.15, 0.2) is 72.8 Å². The summed E-state index contributed by atoms with van der Waals surface area (Å²) in [6.07, 6.45) is 1.98. The Kier molecular flexibility index (Phi) is 5.12. The molecule has 1 heterocycles. The van der Waals surface area contributed by atoms with E-state index in [1.165, 1.54) is 5.56 Å². The van der Waals surface area contributed by atoms with Crippen LogP contribution >= 0.6 is 11.6 Å². The number of halogens is 1. The molecule has 1 aliphatic rings. The first-order chi connectivity index (χ1) is 13.2. The number of ether oxygens (including phenoxy) is 1. The van der Waals surface area contributed by atoms with Crippen LogP contribution in [0.2, 0.25) is 5.02 Å². The van der Waals surface area contributed by atoms with Crippen LogP contribution in [-0.4, -0.2) is 12.5 Å². The molecule has 0 saturated heterocycles. The summed E-state index contributed by atoms with van der Waals surface area (Å²) in [5, 5.41) is 0.693. The van der Waals surface area contributed by atoms with E-state index in [1.807, 2.05) is 71.6 Å². The summed E-state index contributed by atoms with van der Waals surface area (Å²) >= 11 is 5.93. The lowest BCUT2D eigenvalue weighted by Gasteiger charge is -2.30. The van der Waals surface area contributed by atoms with Gasteiger partial charge in [-0.3, -0.25) is 4.79 Å². The Morgan fingerprint density at radius 2 is 1.70 bits per heavy atom. The van der Waals surface area contributed by atoms with Crippen molar-refractivity contribution < 1.29 is 9.53 Å². The van der Waals surface area contributed by atoms with Gasteiger partial charge in [0.2, 0.25) is 0 Å². The van der Waals surface area contributed by atoms with Crippen molar-refractivity contribution in [2.75, 3.05) is 11.4 Å². The van der Waals surface area contributed by atoms with Crippen LogP contribution in [0.1, 0.15) is 27.9 Å². The molecule has 0 unspecified atom stereocenters. The highest BCUT2D eigenvalue weighted by molar-refractivity contribution is 6.30. The van der Waals surface area contributed by atoms with E-state index in [1.54, 1.807) is 0 Å². The summed E-state index contributed by atoms with van der Waals surface area (Å²) < 4.78 is 5.97. The average Bonchev–Trinajstić information content (AvgIpc) is 2.73. The summed E-state index contributed by atoms with van der Waals surface area (Å²) in [6, 6.07) is 23.1. The van der Waals surface area contributed by atoms with Crippen molar-refractivity contribution in [2.45, 2.75) is 19.4 Å². The Balaban J connectivity index is 1.57. The Morgan fingerprint density at radius 3 is 2.56 bits per heavy atom. The van der Waals surface area contributed by atoms with Crippen LogP contribution in [0.3, 0.4) is 0 Å². The van der Waals surface area contributed by atoms with E-state index in [9.17, 15) is 4.79 Å². The molecule has 0 aromatic heterocycles. The fraction of sp³-hybridized carbons (Fsp3) is 0.174. The molecule has 0 fully saturated rings. The van der Waals surface area contributed by atoms with E-state index >= 15 is 0 Å². The summed E-state index contributed by atoms with van der Waals surface area (Å²) in [7, 11) is 0. The maximum absolute atomic E-state index is 13.3. The lowest BCUT2D eigenvalue weighted by Crippen LogP contribution is -2.35. The molecule has 0 saturated carbocycles. The molecular formula is C23H20ClNO2. The van der Waals surface area contributed by atoms with Gasteiger partial charge in [0.25, 0.3) is 5.91 Å². The lowest BCUT2D eigenvalue weighted by atomic mass is 10.0. The lowest BCUT2D eigenvalue weighted by molar-refractivity contribution is 0.0980. The summed E-state index contributed by atoms with van der Waals surface area (Å²) in [5.41, 5.74) is 3.81. The first-order valence-corrected chi connectivity index (χ1v) is 9.46. The molecule has 3 aromatic rings. The molecule has 27 heavy (non-hydrogen) atoms. The molecule has 4 rings (SSSR count). The second-order valence-corrected chi connectivity index (χ2v) is 7.04. The molecule has 136 valence electrons. The zero-order valence-corrected chi connectivity index (χ0v) is 15.7. The zero-order valence-electron chi connectivity index (χ0n) is 14.9. The molecule has 3 aromatic carbocycles. The van der Waals surface area contributed by atoms with Crippen LogP contribution in [-0.2, 0) is 13.0 Å². The van der Waals surface area contributed by atoms with Gasteiger partial charge in [-0.05, 0) is 54.3 Å². The number of nitrogens with zero attached hydrogens (tertiary/aromatic N) is 1. The molecule has 1 aliphatic heterocycles. The van der Waals surface area contributed by atoms with Crippen LogP contribution < -0.4 is 9.64 Å². The molecule has 0 N–H and O–H groups in total. The zero-order chi connectivity index (χ0) is 18.6. The number of rotatable bonds is 4. The minimum Gasteiger partial charge on any atom is -0.488 e. The number of hydrogen-bond donors (Lipinski definition) is 0. The molecule has 0 aliphatic carbocycles. The number of para-hydroxylation sites is 2. The molecule has 0 atom stereocenters. The molecular weight excluding hydrogens is 358 g/mol. The monoisotopic (exact) mass is 377 g/mol. The highest BCUT2D eigenvalue weighted by Crippen LogP contribution is 2.30. The number of aryl methyl sites for hydroxylation is 1. The number of carbonyl (C=O) groups is 1. The van der Waals surface area contributed by atoms with Gasteiger partial charge in [-0.2, -0.15) is 0 Å². The molecule has 0 bridgehead atoms. The third kappa shape index (κ3) is 3.83. The third-order valence-electron chi connectivity index (χ3n) is 4.78. The van der Waals surface area contributed by atoms with Gasteiger partial charge in [-0.25, -0.2) is 0 Å². The van der Waals surface area contributed by atoms with E-state index in [-0.39, 0.29) is 5.91 Å². The van der Waals surface area contributed by atoms with Crippen LogP contribution in [0.25, 0.3) is 0 Å². The van der Waals surface area contributed by atoms with E-state index < -0.39 is 0 Å². The first kappa shape index (κ1) is 17.6. The molecule has 1 amide bonds. The van der Waals surface area contributed by atoms with E-state index in [4.69, 9.17) is 16.3 Å². The van der Waals surface area contributed by atoms with Crippen molar-refractivity contribution in [3.8, 4) is 5.75 Å². The van der Waals surface area contributed by atoms with E-state index in [0.717, 1.165) is 30.6 Å². The van der Waals surface area contributed by atoms with Gasteiger partial charge < -0.3 is 9.64 Å². The number of carbonyl (C=O) groups excluding carboxylic acids is 1. The van der Waals surface area contributed by atoms with Crippen molar-refractivity contribution in [3.05, 3.63) is 94.5 Å². The number of fused-ring (bicyclic) bond motifs is 1. The highest BCUT2D eigenvalue weighted by atomic mass is 35.5.